The molecule has 1 aliphatic carbocycles. The third-order valence-electron chi connectivity index (χ3n) is 6.00. The Morgan fingerprint density at radius 3 is 1.76 bits per heavy atom. The average molecular weight is 442 g/mol. The van der Waals surface area contributed by atoms with Crippen LogP contribution in [0.5, 0.6) is 0 Å². The topological polar surface area (TPSA) is 110 Å². The Balaban J connectivity index is 1.79. The summed E-state index contributed by atoms with van der Waals surface area (Å²) in [6.45, 7) is 0. The van der Waals surface area contributed by atoms with Gasteiger partial charge in [0, 0.05) is 17.9 Å². The molecular weight excluding hydrogens is 420 g/mol. The zero-order valence-electron chi connectivity index (χ0n) is 17.6. The minimum absolute atomic E-state index is 0.0364. The van der Waals surface area contributed by atoms with Gasteiger partial charge in [-0.15, -0.1) is 0 Å². The SMILES string of the molecule is O=C(Nc1ccccc1[N+](=O)[O-])[C@@H]1[C@H](C(=O)O)[C@H](c2ccccc2)C=C[C@@H]1c1ccccc1. The first kappa shape index (κ1) is 22.0. The van der Waals surface area contributed by atoms with Crippen LogP contribution in [0.1, 0.15) is 23.0 Å². The molecule has 2 N–H and O–H groups in total. The van der Waals surface area contributed by atoms with Gasteiger partial charge in [0.15, 0.2) is 0 Å². The van der Waals surface area contributed by atoms with E-state index >= 15 is 0 Å². The molecule has 4 atom stereocenters. The number of rotatable bonds is 6. The van der Waals surface area contributed by atoms with Gasteiger partial charge < -0.3 is 10.4 Å². The van der Waals surface area contributed by atoms with Gasteiger partial charge in [0.1, 0.15) is 5.69 Å². The van der Waals surface area contributed by atoms with Crippen LogP contribution >= 0.6 is 0 Å². The third kappa shape index (κ3) is 4.52. The van der Waals surface area contributed by atoms with Gasteiger partial charge >= 0.3 is 5.97 Å². The molecule has 0 fully saturated rings. The van der Waals surface area contributed by atoms with Crippen molar-refractivity contribution < 1.29 is 19.6 Å². The first-order chi connectivity index (χ1) is 16.0. The van der Waals surface area contributed by atoms with Crippen molar-refractivity contribution in [2.75, 3.05) is 5.32 Å². The molecule has 0 saturated heterocycles. The van der Waals surface area contributed by atoms with Crippen molar-refractivity contribution in [3.05, 3.63) is 118 Å². The number of hydrogen-bond acceptors (Lipinski definition) is 4. The highest BCUT2D eigenvalue weighted by Gasteiger charge is 2.46. The number of carboxylic acids is 1. The summed E-state index contributed by atoms with van der Waals surface area (Å²) in [6, 6.07) is 24.2. The first-order valence-electron chi connectivity index (χ1n) is 10.5. The van der Waals surface area contributed by atoms with Crippen molar-refractivity contribution in [3.63, 3.8) is 0 Å². The Bertz CT molecular complexity index is 1190. The van der Waals surface area contributed by atoms with Crippen LogP contribution in [0.15, 0.2) is 97.1 Å². The number of carbonyl (C=O) groups excluding carboxylic acids is 1. The van der Waals surface area contributed by atoms with Crippen LogP contribution in [0.3, 0.4) is 0 Å². The van der Waals surface area contributed by atoms with E-state index in [1.165, 1.54) is 18.2 Å². The van der Waals surface area contributed by atoms with Crippen LogP contribution < -0.4 is 5.32 Å². The molecule has 0 spiro atoms. The molecule has 0 aromatic heterocycles. The van der Waals surface area contributed by atoms with E-state index in [9.17, 15) is 24.8 Å². The predicted octanol–water partition coefficient (Wildman–Crippen LogP) is 4.99. The standard InChI is InChI=1S/C26H22N2O5/c29-25(27-21-13-7-8-14-22(21)28(32)33)23-19(17-9-3-1-4-10-17)15-16-20(24(23)26(30)31)18-11-5-2-6-12-18/h1-16,19-20,23-24H,(H,27,29)(H,30,31)/t19-,20+,23+,24-/m1/s1. The highest BCUT2D eigenvalue weighted by atomic mass is 16.6. The molecule has 7 heteroatoms. The lowest BCUT2D eigenvalue weighted by atomic mass is 9.66. The van der Waals surface area contributed by atoms with E-state index < -0.39 is 40.5 Å². The maximum absolute atomic E-state index is 13.6. The second kappa shape index (κ2) is 9.48. The fraction of sp³-hybridized carbons (Fsp3) is 0.154. The van der Waals surface area contributed by atoms with E-state index in [2.05, 4.69) is 5.32 Å². The van der Waals surface area contributed by atoms with E-state index in [0.717, 1.165) is 11.1 Å². The molecule has 0 bridgehead atoms. The van der Waals surface area contributed by atoms with Crippen molar-refractivity contribution in [1.82, 2.24) is 0 Å². The highest BCUT2D eigenvalue weighted by Crippen LogP contribution is 2.45. The highest BCUT2D eigenvalue weighted by molar-refractivity contribution is 5.98. The Hall–Kier alpha value is -4.26. The molecule has 7 nitrogen and oxygen atoms in total. The van der Waals surface area contributed by atoms with Crippen molar-refractivity contribution in [2.45, 2.75) is 11.8 Å². The van der Waals surface area contributed by atoms with Crippen molar-refractivity contribution in [1.29, 1.82) is 0 Å². The monoisotopic (exact) mass is 442 g/mol. The summed E-state index contributed by atoms with van der Waals surface area (Å²) in [7, 11) is 0. The number of anilines is 1. The largest absolute Gasteiger partial charge is 0.481 e. The molecule has 0 heterocycles. The fourth-order valence-corrected chi connectivity index (χ4v) is 4.50. The number of carbonyl (C=O) groups is 2. The molecule has 0 unspecified atom stereocenters. The number of aliphatic carboxylic acids is 1. The predicted molar refractivity (Wildman–Crippen MR) is 124 cm³/mol. The van der Waals surface area contributed by atoms with Gasteiger partial charge in [-0.2, -0.15) is 0 Å². The quantitative estimate of drug-likeness (QED) is 0.318. The van der Waals surface area contributed by atoms with Crippen molar-refractivity contribution >= 4 is 23.3 Å². The first-order valence-corrected chi connectivity index (χ1v) is 10.5. The molecule has 0 aliphatic heterocycles. The molecule has 0 saturated carbocycles. The number of para-hydroxylation sites is 2. The second-order valence-electron chi connectivity index (χ2n) is 7.91. The van der Waals surface area contributed by atoms with Gasteiger partial charge in [0.05, 0.1) is 16.8 Å². The Labute approximate surface area is 190 Å². The number of allylic oxidation sites excluding steroid dienone is 2. The summed E-state index contributed by atoms with van der Waals surface area (Å²) in [5, 5.41) is 24.3. The van der Waals surface area contributed by atoms with E-state index in [-0.39, 0.29) is 11.4 Å². The minimum atomic E-state index is -1.10. The lowest BCUT2D eigenvalue weighted by molar-refractivity contribution is -0.383. The maximum Gasteiger partial charge on any atom is 0.308 e. The number of carboxylic acid groups (broad SMARTS) is 1. The van der Waals surface area contributed by atoms with Gasteiger partial charge in [-0.05, 0) is 17.2 Å². The molecule has 1 amide bonds. The van der Waals surface area contributed by atoms with Gasteiger partial charge in [-0.1, -0.05) is 84.9 Å². The zero-order valence-corrected chi connectivity index (χ0v) is 17.6. The lowest BCUT2D eigenvalue weighted by Crippen LogP contribution is -2.42. The maximum atomic E-state index is 13.6. The zero-order chi connectivity index (χ0) is 23.4. The summed E-state index contributed by atoms with van der Waals surface area (Å²) < 4.78 is 0. The molecular formula is C26H22N2O5. The van der Waals surface area contributed by atoms with Gasteiger partial charge in [-0.25, -0.2) is 0 Å². The van der Waals surface area contributed by atoms with E-state index in [1.807, 2.05) is 72.8 Å². The van der Waals surface area contributed by atoms with Crippen LogP contribution in [0, 0.1) is 22.0 Å². The summed E-state index contributed by atoms with van der Waals surface area (Å²) in [5.41, 5.74) is 1.37. The van der Waals surface area contributed by atoms with E-state index in [0.29, 0.717) is 0 Å². The number of nitrogens with one attached hydrogen (secondary N) is 1. The number of hydrogen-bond donors (Lipinski definition) is 2. The van der Waals surface area contributed by atoms with E-state index in [1.54, 1.807) is 6.07 Å². The number of benzene rings is 3. The Morgan fingerprint density at radius 2 is 1.24 bits per heavy atom. The third-order valence-corrected chi connectivity index (χ3v) is 6.00. The summed E-state index contributed by atoms with van der Waals surface area (Å²) >= 11 is 0. The fourth-order valence-electron chi connectivity index (χ4n) is 4.50. The number of nitro benzene ring substituents is 1. The van der Waals surface area contributed by atoms with Gasteiger partial charge in [0.25, 0.3) is 5.69 Å². The molecule has 3 aromatic rings. The van der Waals surface area contributed by atoms with Crippen molar-refractivity contribution in [3.8, 4) is 0 Å². The number of nitro groups is 1. The smallest absolute Gasteiger partial charge is 0.308 e. The normalized spacial score (nSPS) is 21.8. The van der Waals surface area contributed by atoms with Crippen LogP contribution in [-0.4, -0.2) is 21.9 Å². The molecule has 4 rings (SSSR count). The van der Waals surface area contributed by atoms with Crippen molar-refractivity contribution in [2.24, 2.45) is 11.8 Å². The molecule has 1 aliphatic rings. The van der Waals surface area contributed by atoms with Crippen LogP contribution in [0.25, 0.3) is 0 Å². The Morgan fingerprint density at radius 1 is 0.758 bits per heavy atom. The van der Waals surface area contributed by atoms with Crippen LogP contribution in [0.4, 0.5) is 11.4 Å². The molecule has 3 aromatic carbocycles. The molecule has 33 heavy (non-hydrogen) atoms. The number of amides is 1. The average Bonchev–Trinajstić information content (AvgIpc) is 2.84. The summed E-state index contributed by atoms with van der Waals surface area (Å²) in [6.07, 6.45) is 3.72. The Kier molecular flexibility index (Phi) is 6.31. The van der Waals surface area contributed by atoms with E-state index in [4.69, 9.17) is 0 Å². The molecule has 166 valence electrons. The van der Waals surface area contributed by atoms with Gasteiger partial charge in [-0.3, -0.25) is 19.7 Å². The van der Waals surface area contributed by atoms with Crippen LogP contribution in [-0.2, 0) is 9.59 Å². The lowest BCUT2D eigenvalue weighted by Gasteiger charge is -2.37. The van der Waals surface area contributed by atoms with Crippen LogP contribution in [0.2, 0.25) is 0 Å². The molecule has 0 radical (unpaired) electrons. The minimum Gasteiger partial charge on any atom is -0.481 e. The van der Waals surface area contributed by atoms with Gasteiger partial charge in [0.2, 0.25) is 5.91 Å². The summed E-state index contributed by atoms with van der Waals surface area (Å²) in [4.78, 5) is 37.0. The second-order valence-corrected chi connectivity index (χ2v) is 7.91. The summed E-state index contributed by atoms with van der Waals surface area (Å²) in [5.74, 6) is -4.75. The number of nitrogens with zero attached hydrogens (tertiary/aromatic N) is 1.